The van der Waals surface area contributed by atoms with Crippen LogP contribution in [0.15, 0.2) is 47.2 Å². The first-order valence-electron chi connectivity index (χ1n) is 7.42. The fourth-order valence-corrected chi connectivity index (χ4v) is 2.78. The number of methoxy groups -OCH3 is 1. The summed E-state index contributed by atoms with van der Waals surface area (Å²) in [6.07, 6.45) is 3.58. The van der Waals surface area contributed by atoms with E-state index in [1.54, 1.807) is 41.7 Å². The van der Waals surface area contributed by atoms with E-state index in [0.29, 0.717) is 6.42 Å². The molecule has 1 aromatic heterocycles. The lowest BCUT2D eigenvalue weighted by atomic mass is 9.99. The predicted octanol–water partition coefficient (Wildman–Crippen LogP) is 2.62. The van der Waals surface area contributed by atoms with E-state index in [4.69, 9.17) is 4.74 Å². The summed E-state index contributed by atoms with van der Waals surface area (Å²) in [4.78, 5) is 23.8. The smallest absolute Gasteiger partial charge is 0.310 e. The molecule has 0 spiro atoms. The number of hydrogen-bond donors (Lipinski definition) is 2. The Morgan fingerprint density at radius 1 is 1.29 bits per heavy atom. The second kappa shape index (κ2) is 8.88. The highest BCUT2D eigenvalue weighted by atomic mass is 32.1. The zero-order chi connectivity index (χ0) is 17.4. The third kappa shape index (κ3) is 5.55. The molecule has 2 rings (SSSR count). The Hall–Kier alpha value is -2.60. The van der Waals surface area contributed by atoms with Crippen LogP contribution in [0, 0.1) is 5.92 Å². The molecule has 0 aliphatic heterocycles. The Balaban J connectivity index is 1.92. The minimum Gasteiger partial charge on any atom is -0.508 e. The minimum absolute atomic E-state index is 0.167. The fraction of sp³-hybridized carbons (Fsp3) is 0.222. The number of carbonyl (C=O) groups is 2. The number of nitrogens with one attached hydrogen (secondary N) is 1. The zero-order valence-corrected chi connectivity index (χ0v) is 14.1. The topological polar surface area (TPSA) is 75.6 Å². The van der Waals surface area contributed by atoms with Gasteiger partial charge in [0.25, 0.3) is 0 Å². The second-order valence-electron chi connectivity index (χ2n) is 5.23. The van der Waals surface area contributed by atoms with Gasteiger partial charge in [-0.05, 0) is 52.6 Å². The normalized spacial score (nSPS) is 12.0. The summed E-state index contributed by atoms with van der Waals surface area (Å²) < 4.78 is 4.80. The summed E-state index contributed by atoms with van der Waals surface area (Å²) >= 11 is 1.56. The van der Waals surface area contributed by atoms with Gasteiger partial charge in [0.15, 0.2) is 0 Å². The van der Waals surface area contributed by atoms with Crippen LogP contribution in [0.3, 0.4) is 0 Å². The lowest BCUT2D eigenvalue weighted by Gasteiger charge is -2.15. The third-order valence-corrected chi connectivity index (χ3v) is 4.15. The van der Waals surface area contributed by atoms with Gasteiger partial charge in [0.1, 0.15) is 5.75 Å². The van der Waals surface area contributed by atoms with Crippen LogP contribution < -0.4 is 5.32 Å². The van der Waals surface area contributed by atoms with Crippen molar-refractivity contribution < 1.29 is 19.4 Å². The summed E-state index contributed by atoms with van der Waals surface area (Å²) in [7, 11) is 1.32. The molecular formula is C18H19NO4S. The summed E-state index contributed by atoms with van der Waals surface area (Å²) in [6.45, 7) is 0.181. The van der Waals surface area contributed by atoms with Gasteiger partial charge in [-0.2, -0.15) is 11.3 Å². The maximum absolute atomic E-state index is 11.9. The van der Waals surface area contributed by atoms with Gasteiger partial charge in [-0.25, -0.2) is 0 Å². The van der Waals surface area contributed by atoms with Gasteiger partial charge in [0, 0.05) is 12.6 Å². The average molecular weight is 345 g/mol. The van der Waals surface area contributed by atoms with Gasteiger partial charge < -0.3 is 15.2 Å². The van der Waals surface area contributed by atoms with Crippen LogP contribution in [0.2, 0.25) is 0 Å². The van der Waals surface area contributed by atoms with Crippen LogP contribution in [0.1, 0.15) is 11.1 Å². The van der Waals surface area contributed by atoms with Crippen molar-refractivity contribution in [2.24, 2.45) is 5.92 Å². The number of hydrogen-bond acceptors (Lipinski definition) is 5. The first-order chi connectivity index (χ1) is 11.6. The number of benzene rings is 1. The molecule has 0 fully saturated rings. The summed E-state index contributed by atoms with van der Waals surface area (Å²) in [5.41, 5.74) is 1.84. The van der Waals surface area contributed by atoms with Crippen molar-refractivity contribution in [1.29, 1.82) is 0 Å². The van der Waals surface area contributed by atoms with Crippen LogP contribution in [-0.4, -0.2) is 30.6 Å². The second-order valence-corrected chi connectivity index (χ2v) is 6.01. The summed E-state index contributed by atoms with van der Waals surface area (Å²) in [5.74, 6) is -0.968. The summed E-state index contributed by atoms with van der Waals surface area (Å²) in [6, 6.07) is 8.52. The molecule has 1 aromatic carbocycles. The Morgan fingerprint density at radius 3 is 2.67 bits per heavy atom. The van der Waals surface area contributed by atoms with Crippen LogP contribution in [-0.2, 0) is 20.7 Å². The highest BCUT2D eigenvalue weighted by molar-refractivity contribution is 7.08. The van der Waals surface area contributed by atoms with Gasteiger partial charge in [-0.1, -0.05) is 12.1 Å². The van der Waals surface area contributed by atoms with Crippen LogP contribution in [0.25, 0.3) is 6.08 Å². The number of esters is 1. The van der Waals surface area contributed by atoms with Crippen LogP contribution >= 0.6 is 11.3 Å². The Morgan fingerprint density at radius 2 is 2.04 bits per heavy atom. The van der Waals surface area contributed by atoms with E-state index in [9.17, 15) is 14.7 Å². The average Bonchev–Trinajstić information content (AvgIpc) is 3.11. The molecule has 0 aliphatic carbocycles. The van der Waals surface area contributed by atoms with Crippen molar-refractivity contribution in [1.82, 2.24) is 5.32 Å². The number of carbonyl (C=O) groups excluding carboxylic acids is 2. The first kappa shape index (κ1) is 17.7. The van der Waals surface area contributed by atoms with E-state index < -0.39 is 5.92 Å². The number of thiophene rings is 1. The van der Waals surface area contributed by atoms with Gasteiger partial charge >= 0.3 is 5.97 Å². The Labute approximate surface area is 144 Å². The number of rotatable bonds is 7. The van der Waals surface area contributed by atoms with Gasteiger partial charge in [0.05, 0.1) is 13.0 Å². The number of phenols is 1. The molecule has 0 unspecified atom stereocenters. The Bertz CT molecular complexity index is 692. The van der Waals surface area contributed by atoms with E-state index >= 15 is 0 Å². The quantitative estimate of drug-likeness (QED) is 0.597. The molecule has 2 aromatic rings. The summed E-state index contributed by atoms with van der Waals surface area (Å²) in [5, 5.41) is 15.9. The lowest BCUT2D eigenvalue weighted by molar-refractivity contribution is -0.145. The van der Waals surface area contributed by atoms with E-state index in [-0.39, 0.29) is 24.2 Å². The molecule has 1 heterocycles. The van der Waals surface area contributed by atoms with Crippen LogP contribution in [0.5, 0.6) is 5.75 Å². The molecule has 0 saturated heterocycles. The Kier molecular flexibility index (Phi) is 6.57. The van der Waals surface area contributed by atoms with E-state index in [2.05, 4.69) is 5.32 Å². The molecule has 1 atom stereocenters. The van der Waals surface area contributed by atoms with Crippen molar-refractivity contribution >= 4 is 29.3 Å². The fourth-order valence-electron chi connectivity index (χ4n) is 2.15. The molecule has 5 nitrogen and oxygen atoms in total. The molecule has 1 amide bonds. The highest BCUT2D eigenvalue weighted by Gasteiger charge is 2.20. The lowest BCUT2D eigenvalue weighted by Crippen LogP contribution is -2.33. The zero-order valence-electron chi connectivity index (χ0n) is 13.3. The SMILES string of the molecule is COC(=O)[C@@H](CNC(=O)/C=C\c1ccsc1)Cc1ccc(O)cc1. The first-order valence-corrected chi connectivity index (χ1v) is 8.36. The molecule has 0 bridgehead atoms. The molecule has 24 heavy (non-hydrogen) atoms. The van der Waals surface area contributed by atoms with Crippen molar-refractivity contribution in [3.63, 3.8) is 0 Å². The van der Waals surface area contributed by atoms with Crippen molar-refractivity contribution in [2.45, 2.75) is 6.42 Å². The van der Waals surface area contributed by atoms with Crippen LogP contribution in [0.4, 0.5) is 0 Å². The number of ether oxygens (including phenoxy) is 1. The van der Waals surface area contributed by atoms with E-state index in [1.165, 1.54) is 13.2 Å². The molecule has 6 heteroatoms. The molecular weight excluding hydrogens is 326 g/mol. The van der Waals surface area contributed by atoms with Gasteiger partial charge in [0.2, 0.25) is 5.91 Å². The minimum atomic E-state index is -0.488. The maximum Gasteiger partial charge on any atom is 0.310 e. The maximum atomic E-state index is 11.9. The third-order valence-electron chi connectivity index (χ3n) is 3.45. The van der Waals surface area contributed by atoms with Crippen molar-refractivity contribution in [3.05, 3.63) is 58.3 Å². The molecule has 0 aliphatic rings. The van der Waals surface area contributed by atoms with Crippen molar-refractivity contribution in [3.8, 4) is 5.75 Å². The number of amides is 1. The van der Waals surface area contributed by atoms with Crippen molar-refractivity contribution in [2.75, 3.05) is 13.7 Å². The molecule has 126 valence electrons. The number of aromatic hydroxyl groups is 1. The van der Waals surface area contributed by atoms with Gasteiger partial charge in [-0.15, -0.1) is 0 Å². The number of phenolic OH excluding ortho intramolecular Hbond substituents is 1. The van der Waals surface area contributed by atoms with E-state index in [0.717, 1.165) is 11.1 Å². The standard InChI is InChI=1S/C18H19NO4S/c1-23-18(22)15(10-13-2-5-16(20)6-3-13)11-19-17(21)7-4-14-8-9-24-12-14/h2-9,12,15,20H,10-11H2,1H3,(H,19,21)/b7-4-/t15-/m1/s1. The molecule has 0 saturated carbocycles. The monoisotopic (exact) mass is 345 g/mol. The largest absolute Gasteiger partial charge is 0.508 e. The van der Waals surface area contributed by atoms with E-state index in [1.807, 2.05) is 16.8 Å². The molecule has 2 N–H and O–H groups in total. The predicted molar refractivity (Wildman–Crippen MR) is 93.7 cm³/mol. The molecule has 0 radical (unpaired) electrons. The highest BCUT2D eigenvalue weighted by Crippen LogP contribution is 2.14. The van der Waals surface area contributed by atoms with Gasteiger partial charge in [-0.3, -0.25) is 9.59 Å².